The highest BCUT2D eigenvalue weighted by Crippen LogP contribution is 2.25. The first-order valence-electron chi connectivity index (χ1n) is 9.41. The number of carbonyl (C=O) groups is 1. The van der Waals surface area contributed by atoms with Crippen LogP contribution < -0.4 is 0 Å². The molecule has 0 unspecified atom stereocenters. The molecule has 0 aromatic heterocycles. The average Bonchev–Trinajstić information content (AvgIpc) is 3.16. The third-order valence-electron chi connectivity index (χ3n) is 5.32. The number of amides is 1. The molecule has 25 heavy (non-hydrogen) atoms. The molecule has 5 heteroatoms. The highest BCUT2D eigenvalue weighted by molar-refractivity contribution is 5.83. The molecule has 2 fully saturated rings. The van der Waals surface area contributed by atoms with E-state index in [-0.39, 0.29) is 23.7 Å². The predicted molar refractivity (Wildman–Crippen MR) is 93.9 cm³/mol. The molecular weight excluding hydrogens is 321 g/mol. The molecule has 0 N–H and O–H groups in total. The van der Waals surface area contributed by atoms with E-state index >= 15 is 0 Å². The van der Waals surface area contributed by atoms with E-state index in [9.17, 15) is 9.18 Å². The summed E-state index contributed by atoms with van der Waals surface area (Å²) >= 11 is 0. The number of carbonyl (C=O) groups excluding carboxylic acids is 1. The van der Waals surface area contributed by atoms with Gasteiger partial charge in [0.25, 0.3) is 0 Å². The van der Waals surface area contributed by atoms with Crippen LogP contribution in [0.2, 0.25) is 0 Å². The molecular formula is C20H28FNO3. The van der Waals surface area contributed by atoms with E-state index in [1.54, 1.807) is 12.1 Å². The minimum Gasteiger partial charge on any atom is -0.381 e. The molecule has 2 atom stereocenters. The van der Waals surface area contributed by atoms with Gasteiger partial charge in [-0.1, -0.05) is 19.1 Å². The Balaban J connectivity index is 1.48. The summed E-state index contributed by atoms with van der Waals surface area (Å²) in [6.07, 6.45) is 3.84. The molecule has 2 aliphatic rings. The molecule has 1 aromatic carbocycles. The van der Waals surface area contributed by atoms with Crippen molar-refractivity contribution >= 4 is 5.91 Å². The van der Waals surface area contributed by atoms with Crippen LogP contribution in [0, 0.1) is 11.7 Å². The number of hydrogen-bond donors (Lipinski definition) is 0. The highest BCUT2D eigenvalue weighted by atomic mass is 19.1. The SMILES string of the molecule is CC[C@H](C(=O)N1CCC(OC[C@H]2CCOC2)CC1)c1ccc(F)cc1. The van der Waals surface area contributed by atoms with Gasteiger partial charge >= 0.3 is 0 Å². The summed E-state index contributed by atoms with van der Waals surface area (Å²) in [6.45, 7) is 5.91. The van der Waals surface area contributed by atoms with Crippen molar-refractivity contribution in [1.29, 1.82) is 0 Å². The van der Waals surface area contributed by atoms with E-state index in [1.165, 1.54) is 12.1 Å². The summed E-state index contributed by atoms with van der Waals surface area (Å²) in [6, 6.07) is 6.30. The number of halogens is 1. The van der Waals surface area contributed by atoms with Crippen molar-refractivity contribution in [3.05, 3.63) is 35.6 Å². The van der Waals surface area contributed by atoms with E-state index in [2.05, 4.69) is 0 Å². The molecule has 2 heterocycles. The predicted octanol–water partition coefficient (Wildman–Crippen LogP) is 3.36. The smallest absolute Gasteiger partial charge is 0.230 e. The Morgan fingerprint density at radius 3 is 2.60 bits per heavy atom. The van der Waals surface area contributed by atoms with Gasteiger partial charge in [-0.3, -0.25) is 4.79 Å². The maximum atomic E-state index is 13.1. The number of nitrogens with zero attached hydrogens (tertiary/aromatic N) is 1. The summed E-state index contributed by atoms with van der Waals surface area (Å²) in [5, 5.41) is 0. The summed E-state index contributed by atoms with van der Waals surface area (Å²) in [4.78, 5) is 14.8. The van der Waals surface area contributed by atoms with Gasteiger partial charge in [0.2, 0.25) is 5.91 Å². The van der Waals surface area contributed by atoms with Crippen molar-refractivity contribution in [3.8, 4) is 0 Å². The molecule has 3 rings (SSSR count). The highest BCUT2D eigenvalue weighted by Gasteiger charge is 2.29. The standard InChI is InChI=1S/C20H28FNO3/c1-2-19(16-3-5-17(21)6-4-16)20(23)22-10-7-18(8-11-22)25-14-15-9-12-24-13-15/h3-6,15,18-19H,2,7-14H2,1H3/t15-,19-/m0/s1. The van der Waals surface area contributed by atoms with Crippen LogP contribution in [0.1, 0.15) is 44.1 Å². The summed E-state index contributed by atoms with van der Waals surface area (Å²) in [7, 11) is 0. The molecule has 4 nitrogen and oxygen atoms in total. The number of rotatable bonds is 6. The molecule has 0 spiro atoms. The lowest BCUT2D eigenvalue weighted by Gasteiger charge is -2.34. The maximum Gasteiger partial charge on any atom is 0.230 e. The van der Waals surface area contributed by atoms with E-state index in [4.69, 9.17) is 9.47 Å². The van der Waals surface area contributed by atoms with Crippen LogP contribution in [0.5, 0.6) is 0 Å². The zero-order valence-corrected chi connectivity index (χ0v) is 15.0. The van der Waals surface area contributed by atoms with Crippen molar-refractivity contribution in [2.24, 2.45) is 5.92 Å². The Morgan fingerprint density at radius 1 is 1.28 bits per heavy atom. The van der Waals surface area contributed by atoms with Crippen LogP contribution in [-0.4, -0.2) is 49.8 Å². The van der Waals surface area contributed by atoms with Crippen molar-refractivity contribution < 1.29 is 18.7 Å². The van der Waals surface area contributed by atoms with Gasteiger partial charge in [0.15, 0.2) is 0 Å². The maximum absolute atomic E-state index is 13.1. The zero-order chi connectivity index (χ0) is 17.6. The van der Waals surface area contributed by atoms with Crippen LogP contribution in [0.15, 0.2) is 24.3 Å². The van der Waals surface area contributed by atoms with Crippen LogP contribution in [0.25, 0.3) is 0 Å². The van der Waals surface area contributed by atoms with Crippen LogP contribution >= 0.6 is 0 Å². The first kappa shape index (κ1) is 18.3. The monoisotopic (exact) mass is 349 g/mol. The first-order valence-corrected chi connectivity index (χ1v) is 9.41. The number of benzene rings is 1. The fourth-order valence-corrected chi connectivity index (χ4v) is 3.70. The van der Waals surface area contributed by atoms with Gasteiger partial charge in [0, 0.05) is 25.6 Å². The fourth-order valence-electron chi connectivity index (χ4n) is 3.70. The normalized spacial score (nSPS) is 23.0. The van der Waals surface area contributed by atoms with Crippen molar-refractivity contribution in [2.45, 2.75) is 44.6 Å². The van der Waals surface area contributed by atoms with Gasteiger partial charge < -0.3 is 14.4 Å². The van der Waals surface area contributed by atoms with Crippen LogP contribution in [-0.2, 0) is 14.3 Å². The van der Waals surface area contributed by atoms with E-state index in [0.29, 0.717) is 5.92 Å². The quantitative estimate of drug-likeness (QED) is 0.790. The van der Waals surface area contributed by atoms with Gasteiger partial charge in [-0.2, -0.15) is 0 Å². The Bertz CT molecular complexity index is 549. The lowest BCUT2D eigenvalue weighted by Crippen LogP contribution is -2.43. The third kappa shape index (κ3) is 4.79. The van der Waals surface area contributed by atoms with Gasteiger partial charge in [-0.15, -0.1) is 0 Å². The van der Waals surface area contributed by atoms with Crippen LogP contribution in [0.3, 0.4) is 0 Å². The number of ether oxygens (including phenoxy) is 2. The summed E-state index contributed by atoms with van der Waals surface area (Å²) in [5.74, 6) is 0.227. The third-order valence-corrected chi connectivity index (χ3v) is 5.32. The summed E-state index contributed by atoms with van der Waals surface area (Å²) < 4.78 is 24.5. The Kier molecular flexibility index (Phi) is 6.43. The van der Waals surface area contributed by atoms with Crippen molar-refractivity contribution in [3.63, 3.8) is 0 Å². The Hall–Kier alpha value is -1.46. The summed E-state index contributed by atoms with van der Waals surface area (Å²) in [5.41, 5.74) is 0.897. The van der Waals surface area contributed by atoms with Gasteiger partial charge in [0.05, 0.1) is 25.2 Å². The van der Waals surface area contributed by atoms with E-state index < -0.39 is 0 Å². The topological polar surface area (TPSA) is 38.8 Å². The Labute approximate surface area is 149 Å². The minimum atomic E-state index is -0.267. The average molecular weight is 349 g/mol. The van der Waals surface area contributed by atoms with Crippen molar-refractivity contribution in [2.75, 3.05) is 32.9 Å². The number of piperidine rings is 1. The van der Waals surface area contributed by atoms with Gasteiger partial charge in [-0.05, 0) is 43.4 Å². The lowest BCUT2D eigenvalue weighted by molar-refractivity contribution is -0.135. The molecule has 0 saturated carbocycles. The second kappa shape index (κ2) is 8.77. The van der Waals surface area contributed by atoms with Gasteiger partial charge in [0.1, 0.15) is 5.82 Å². The molecule has 2 aliphatic heterocycles. The second-order valence-corrected chi connectivity index (χ2v) is 7.10. The minimum absolute atomic E-state index is 0.150. The first-order chi connectivity index (χ1) is 12.2. The van der Waals surface area contributed by atoms with Crippen LogP contribution in [0.4, 0.5) is 4.39 Å². The van der Waals surface area contributed by atoms with E-state index in [0.717, 1.165) is 64.2 Å². The fraction of sp³-hybridized carbons (Fsp3) is 0.650. The van der Waals surface area contributed by atoms with E-state index in [1.807, 2.05) is 11.8 Å². The molecule has 2 saturated heterocycles. The van der Waals surface area contributed by atoms with Crippen molar-refractivity contribution in [1.82, 2.24) is 4.90 Å². The zero-order valence-electron chi connectivity index (χ0n) is 15.0. The Morgan fingerprint density at radius 2 is 2.00 bits per heavy atom. The number of hydrogen-bond acceptors (Lipinski definition) is 3. The van der Waals surface area contributed by atoms with Gasteiger partial charge in [-0.25, -0.2) is 4.39 Å². The molecule has 0 radical (unpaired) electrons. The lowest BCUT2D eigenvalue weighted by atomic mass is 9.94. The number of likely N-dealkylation sites (tertiary alicyclic amines) is 1. The molecule has 0 aliphatic carbocycles. The molecule has 138 valence electrons. The largest absolute Gasteiger partial charge is 0.381 e. The molecule has 1 aromatic rings. The molecule has 1 amide bonds. The molecule has 0 bridgehead atoms. The second-order valence-electron chi connectivity index (χ2n) is 7.10.